The molecule has 1 atom stereocenters. The number of benzene rings is 1. The summed E-state index contributed by atoms with van der Waals surface area (Å²) in [5.41, 5.74) is -0.561. The van der Waals surface area contributed by atoms with Crippen LogP contribution >= 0.6 is 23.2 Å². The summed E-state index contributed by atoms with van der Waals surface area (Å²) in [5, 5.41) is 2.92. The first-order valence-corrected chi connectivity index (χ1v) is 10.1. The van der Waals surface area contributed by atoms with Gasteiger partial charge in [-0.1, -0.05) is 35.3 Å². The van der Waals surface area contributed by atoms with Crippen molar-refractivity contribution in [1.82, 2.24) is 15.2 Å². The van der Waals surface area contributed by atoms with Gasteiger partial charge < -0.3 is 5.32 Å². The minimum atomic E-state index is -4.60. The summed E-state index contributed by atoms with van der Waals surface area (Å²) < 4.78 is 65.7. The van der Waals surface area contributed by atoms with Crippen LogP contribution < -0.4 is 5.32 Å². The van der Waals surface area contributed by atoms with E-state index < -0.39 is 29.7 Å². The molecular weight excluding hydrogens is 464 g/mol. The average Bonchev–Trinajstić information content (AvgIpc) is 2.70. The van der Waals surface area contributed by atoms with Gasteiger partial charge in [-0.2, -0.15) is 13.2 Å². The second kappa shape index (κ2) is 9.26. The average molecular weight is 482 g/mol. The second-order valence-corrected chi connectivity index (χ2v) is 7.98. The van der Waals surface area contributed by atoms with Crippen molar-refractivity contribution in [3.05, 3.63) is 63.4 Å². The number of alkyl halides is 5. The van der Waals surface area contributed by atoms with E-state index in [0.717, 1.165) is 12.3 Å². The van der Waals surface area contributed by atoms with Gasteiger partial charge in [-0.25, -0.2) is 8.78 Å². The van der Waals surface area contributed by atoms with E-state index >= 15 is 0 Å². The summed E-state index contributed by atoms with van der Waals surface area (Å²) in [6.07, 6.45) is -4.31. The monoisotopic (exact) mass is 481 g/mol. The van der Waals surface area contributed by atoms with E-state index in [4.69, 9.17) is 23.2 Å². The van der Waals surface area contributed by atoms with Crippen LogP contribution in [0.15, 0.2) is 36.5 Å². The Hall–Kier alpha value is -1.97. The third kappa shape index (κ3) is 5.84. The highest BCUT2D eigenvalue weighted by atomic mass is 35.5. The summed E-state index contributed by atoms with van der Waals surface area (Å²) in [5.74, 6) is -3.34. The number of aromatic nitrogens is 1. The van der Waals surface area contributed by atoms with Crippen LogP contribution in [0.3, 0.4) is 0 Å². The summed E-state index contributed by atoms with van der Waals surface area (Å²) in [6.45, 7) is -0.000741. The SMILES string of the molecule is O=C(NCC(c1ccc(C(F)(F)F)nc1)N1CCC(F)(F)CC1)c1cccc(Cl)c1Cl. The third-order valence-electron chi connectivity index (χ3n) is 5.08. The lowest BCUT2D eigenvalue weighted by molar-refractivity contribution is -0.141. The molecule has 1 amide bonds. The molecule has 1 unspecified atom stereocenters. The molecule has 0 spiro atoms. The van der Waals surface area contributed by atoms with Gasteiger partial charge in [0.15, 0.2) is 0 Å². The molecule has 1 aliphatic rings. The molecule has 0 bridgehead atoms. The molecule has 1 aromatic heterocycles. The molecule has 1 N–H and O–H groups in total. The largest absolute Gasteiger partial charge is 0.433 e. The molecule has 31 heavy (non-hydrogen) atoms. The van der Waals surface area contributed by atoms with Gasteiger partial charge in [0.25, 0.3) is 11.8 Å². The van der Waals surface area contributed by atoms with Crippen LogP contribution in [0.2, 0.25) is 10.0 Å². The highest BCUT2D eigenvalue weighted by molar-refractivity contribution is 6.43. The highest BCUT2D eigenvalue weighted by Gasteiger charge is 2.37. The molecule has 4 nitrogen and oxygen atoms in total. The number of hydrogen-bond acceptors (Lipinski definition) is 3. The van der Waals surface area contributed by atoms with E-state index in [-0.39, 0.29) is 48.1 Å². The van der Waals surface area contributed by atoms with E-state index in [9.17, 15) is 26.7 Å². The molecule has 1 saturated heterocycles. The van der Waals surface area contributed by atoms with Gasteiger partial charge in [-0.05, 0) is 23.8 Å². The van der Waals surface area contributed by atoms with E-state index in [2.05, 4.69) is 10.3 Å². The Morgan fingerprint density at radius 2 is 1.84 bits per heavy atom. The van der Waals surface area contributed by atoms with Crippen molar-refractivity contribution in [2.24, 2.45) is 0 Å². The lowest BCUT2D eigenvalue weighted by Crippen LogP contribution is -2.45. The molecule has 0 aliphatic carbocycles. The fraction of sp³-hybridized carbons (Fsp3) is 0.400. The quantitative estimate of drug-likeness (QED) is 0.564. The molecule has 1 aliphatic heterocycles. The number of rotatable bonds is 5. The van der Waals surface area contributed by atoms with E-state index in [1.165, 1.54) is 18.2 Å². The number of likely N-dealkylation sites (tertiary alicyclic amines) is 1. The number of pyridine rings is 1. The summed E-state index contributed by atoms with van der Waals surface area (Å²) in [6, 6.07) is 5.97. The fourth-order valence-electron chi connectivity index (χ4n) is 3.35. The van der Waals surface area contributed by atoms with Crippen molar-refractivity contribution in [3.8, 4) is 0 Å². The first-order valence-electron chi connectivity index (χ1n) is 9.35. The van der Waals surface area contributed by atoms with Crippen LogP contribution in [0.25, 0.3) is 0 Å². The first kappa shape index (κ1) is 23.7. The van der Waals surface area contributed by atoms with Crippen molar-refractivity contribution in [3.63, 3.8) is 0 Å². The maximum absolute atomic E-state index is 13.6. The van der Waals surface area contributed by atoms with Crippen molar-refractivity contribution < 1.29 is 26.7 Å². The standard InChI is InChI=1S/C20H18Cl2F5N3O/c21-14-3-1-2-13(17(14)22)18(31)29-11-15(30-8-6-19(23,24)7-9-30)12-4-5-16(28-10-12)20(25,26)27/h1-5,10,15H,6-9,11H2,(H,29,31). The zero-order valence-corrected chi connectivity index (χ0v) is 17.5. The Bertz CT molecular complexity index is 927. The van der Waals surface area contributed by atoms with E-state index in [1.807, 2.05) is 0 Å². The second-order valence-electron chi connectivity index (χ2n) is 7.19. The number of carbonyl (C=O) groups excluding carboxylic acids is 1. The Kier molecular flexibility index (Phi) is 7.08. The van der Waals surface area contributed by atoms with Crippen molar-refractivity contribution >= 4 is 29.1 Å². The predicted molar refractivity (Wildman–Crippen MR) is 107 cm³/mol. The highest BCUT2D eigenvalue weighted by Crippen LogP contribution is 2.33. The van der Waals surface area contributed by atoms with Crippen molar-refractivity contribution in [2.75, 3.05) is 19.6 Å². The number of piperidine rings is 1. The molecule has 2 heterocycles. The van der Waals surface area contributed by atoms with Crippen LogP contribution in [0.1, 0.15) is 40.5 Å². The van der Waals surface area contributed by atoms with Crippen LogP contribution in [0.5, 0.6) is 0 Å². The number of hydrogen-bond donors (Lipinski definition) is 1. The van der Waals surface area contributed by atoms with Crippen LogP contribution in [0, 0.1) is 0 Å². The molecule has 1 aromatic carbocycles. The van der Waals surface area contributed by atoms with Crippen molar-refractivity contribution in [1.29, 1.82) is 0 Å². The molecule has 1 fully saturated rings. The van der Waals surface area contributed by atoms with Crippen LogP contribution in [-0.4, -0.2) is 41.3 Å². The van der Waals surface area contributed by atoms with Gasteiger partial charge in [0.05, 0.1) is 21.7 Å². The molecule has 168 valence electrons. The third-order valence-corrected chi connectivity index (χ3v) is 5.90. The Morgan fingerprint density at radius 1 is 1.16 bits per heavy atom. The smallest absolute Gasteiger partial charge is 0.350 e. The topological polar surface area (TPSA) is 45.2 Å². The molecule has 11 heteroatoms. The van der Waals surface area contributed by atoms with E-state index in [0.29, 0.717) is 5.56 Å². The number of nitrogens with zero attached hydrogens (tertiary/aromatic N) is 2. The van der Waals surface area contributed by atoms with Crippen LogP contribution in [0.4, 0.5) is 22.0 Å². The molecule has 3 rings (SSSR count). The zero-order chi connectivity index (χ0) is 22.8. The first-order chi connectivity index (χ1) is 14.5. The fourth-order valence-corrected chi connectivity index (χ4v) is 3.74. The minimum Gasteiger partial charge on any atom is -0.350 e. The van der Waals surface area contributed by atoms with Crippen LogP contribution in [-0.2, 0) is 6.18 Å². The van der Waals surface area contributed by atoms with Crippen molar-refractivity contribution in [2.45, 2.75) is 31.0 Å². The number of nitrogens with one attached hydrogen (secondary N) is 1. The molecule has 0 radical (unpaired) electrons. The number of amides is 1. The lowest BCUT2D eigenvalue weighted by Gasteiger charge is -2.37. The van der Waals surface area contributed by atoms with E-state index in [1.54, 1.807) is 11.0 Å². The Balaban J connectivity index is 1.80. The lowest BCUT2D eigenvalue weighted by atomic mass is 10.0. The van der Waals surface area contributed by atoms with Gasteiger partial charge in [-0.15, -0.1) is 0 Å². The Morgan fingerprint density at radius 3 is 2.42 bits per heavy atom. The maximum atomic E-state index is 13.6. The van der Waals surface area contributed by atoms with Gasteiger partial charge in [0.2, 0.25) is 0 Å². The molecule has 2 aromatic rings. The Labute approximate surface area is 185 Å². The maximum Gasteiger partial charge on any atom is 0.433 e. The zero-order valence-electron chi connectivity index (χ0n) is 16.0. The van der Waals surface area contributed by atoms with Gasteiger partial charge in [0, 0.05) is 38.7 Å². The van der Waals surface area contributed by atoms with Gasteiger partial charge >= 0.3 is 6.18 Å². The molecule has 0 saturated carbocycles. The minimum absolute atomic E-state index is 0.0203. The number of carbonyl (C=O) groups is 1. The molecular formula is C20H18Cl2F5N3O. The summed E-state index contributed by atoms with van der Waals surface area (Å²) in [7, 11) is 0. The van der Waals surface area contributed by atoms with Gasteiger partial charge in [-0.3, -0.25) is 14.7 Å². The normalized spacial score (nSPS) is 17.9. The summed E-state index contributed by atoms with van der Waals surface area (Å²) >= 11 is 12.0. The number of halogens is 7. The summed E-state index contributed by atoms with van der Waals surface area (Å²) in [4.78, 5) is 17.7. The van der Waals surface area contributed by atoms with Gasteiger partial charge in [0.1, 0.15) is 5.69 Å². The predicted octanol–water partition coefficient (Wildman–Crippen LogP) is 5.61.